The lowest BCUT2D eigenvalue weighted by atomic mass is 10.2. The molecule has 2 rings (SSSR count). The van der Waals surface area contributed by atoms with Gasteiger partial charge in [-0.05, 0) is 37.0 Å². The van der Waals surface area contributed by atoms with Crippen molar-refractivity contribution in [2.45, 2.75) is 25.4 Å². The van der Waals surface area contributed by atoms with Crippen LogP contribution in [0.15, 0.2) is 24.3 Å². The molecule has 19 heavy (non-hydrogen) atoms. The largest absolute Gasteiger partial charge is 0.493 e. The number of benzene rings is 1. The minimum absolute atomic E-state index is 0.110. The Hall–Kier alpha value is -1.26. The molecule has 5 heteroatoms. The Labute approximate surface area is 117 Å². The molecular formula is C14H18ClNO3. The molecule has 1 fully saturated rings. The van der Waals surface area contributed by atoms with Crippen LogP contribution in [-0.4, -0.2) is 30.3 Å². The Balaban J connectivity index is 1.60. The number of hydrogen-bond acceptors (Lipinski definition) is 3. The van der Waals surface area contributed by atoms with E-state index in [0.717, 1.165) is 12.8 Å². The molecule has 1 aromatic carbocycles. The van der Waals surface area contributed by atoms with Crippen molar-refractivity contribution in [2.24, 2.45) is 5.92 Å². The predicted molar refractivity (Wildman–Crippen MR) is 73.3 cm³/mol. The van der Waals surface area contributed by atoms with E-state index in [9.17, 15) is 9.90 Å². The summed E-state index contributed by atoms with van der Waals surface area (Å²) in [5.41, 5.74) is 0. The van der Waals surface area contributed by atoms with E-state index in [2.05, 4.69) is 5.32 Å². The van der Waals surface area contributed by atoms with Crippen LogP contribution in [0.4, 0.5) is 0 Å². The molecular weight excluding hydrogens is 266 g/mol. The minimum Gasteiger partial charge on any atom is -0.493 e. The quantitative estimate of drug-likeness (QED) is 0.805. The Kier molecular flexibility index (Phi) is 5.05. The van der Waals surface area contributed by atoms with Crippen molar-refractivity contribution in [1.82, 2.24) is 5.32 Å². The van der Waals surface area contributed by atoms with Gasteiger partial charge in [0.1, 0.15) is 5.75 Å². The first-order valence-electron chi connectivity index (χ1n) is 6.48. The number of carbonyl (C=O) groups excluding carboxylic acids is 1. The summed E-state index contributed by atoms with van der Waals surface area (Å²) in [5, 5.41) is 12.9. The van der Waals surface area contributed by atoms with Crippen LogP contribution >= 0.6 is 11.6 Å². The van der Waals surface area contributed by atoms with E-state index in [-0.39, 0.29) is 12.3 Å². The van der Waals surface area contributed by atoms with E-state index >= 15 is 0 Å². The molecule has 0 radical (unpaired) electrons. The molecule has 1 atom stereocenters. The van der Waals surface area contributed by atoms with Crippen LogP contribution in [0.25, 0.3) is 0 Å². The van der Waals surface area contributed by atoms with Gasteiger partial charge in [-0.25, -0.2) is 0 Å². The molecule has 0 saturated heterocycles. The lowest BCUT2D eigenvalue weighted by Crippen LogP contribution is -2.33. The van der Waals surface area contributed by atoms with Crippen molar-refractivity contribution < 1.29 is 14.6 Å². The van der Waals surface area contributed by atoms with E-state index in [0.29, 0.717) is 29.8 Å². The number of ether oxygens (including phenoxy) is 1. The van der Waals surface area contributed by atoms with Crippen molar-refractivity contribution in [3.63, 3.8) is 0 Å². The van der Waals surface area contributed by atoms with Gasteiger partial charge in [-0.2, -0.15) is 0 Å². The van der Waals surface area contributed by atoms with E-state index in [4.69, 9.17) is 16.3 Å². The van der Waals surface area contributed by atoms with E-state index in [1.807, 2.05) is 0 Å². The second-order valence-corrected chi connectivity index (χ2v) is 5.20. The number of amides is 1. The Morgan fingerprint density at radius 3 is 3.00 bits per heavy atom. The minimum atomic E-state index is -0.405. The third-order valence-electron chi connectivity index (χ3n) is 3.07. The lowest BCUT2D eigenvalue weighted by Gasteiger charge is -2.11. The summed E-state index contributed by atoms with van der Waals surface area (Å²) in [5.74, 6) is 0.919. The van der Waals surface area contributed by atoms with Gasteiger partial charge in [0.25, 0.3) is 0 Å². The van der Waals surface area contributed by atoms with Gasteiger partial charge in [-0.1, -0.05) is 17.7 Å². The number of halogens is 1. The normalized spacial score (nSPS) is 15.9. The molecule has 2 N–H and O–H groups in total. The van der Waals surface area contributed by atoms with Crippen molar-refractivity contribution in [2.75, 3.05) is 13.2 Å². The second-order valence-electron chi connectivity index (χ2n) is 4.76. The number of rotatable bonds is 7. The molecule has 1 aliphatic carbocycles. The zero-order valence-electron chi connectivity index (χ0n) is 10.6. The van der Waals surface area contributed by atoms with Crippen LogP contribution in [0.2, 0.25) is 5.02 Å². The van der Waals surface area contributed by atoms with Crippen LogP contribution in [0.5, 0.6) is 5.75 Å². The highest BCUT2D eigenvalue weighted by Gasteiger charge is 2.29. The number of hydrogen-bond donors (Lipinski definition) is 2. The highest BCUT2D eigenvalue weighted by Crippen LogP contribution is 2.32. The fourth-order valence-electron chi connectivity index (χ4n) is 1.77. The van der Waals surface area contributed by atoms with Crippen molar-refractivity contribution in [1.29, 1.82) is 0 Å². The first kappa shape index (κ1) is 14.2. The second kappa shape index (κ2) is 6.78. The number of carbonyl (C=O) groups is 1. The molecule has 1 saturated carbocycles. The van der Waals surface area contributed by atoms with Crippen LogP contribution in [-0.2, 0) is 4.79 Å². The van der Waals surface area contributed by atoms with Crippen LogP contribution < -0.4 is 10.1 Å². The predicted octanol–water partition coefficient (Wildman–Crippen LogP) is 2.00. The maximum Gasteiger partial charge on any atom is 0.223 e. The third-order valence-corrected chi connectivity index (χ3v) is 3.30. The summed E-state index contributed by atoms with van der Waals surface area (Å²) >= 11 is 5.82. The van der Waals surface area contributed by atoms with Gasteiger partial charge in [0.05, 0.1) is 19.1 Å². The van der Waals surface area contributed by atoms with Gasteiger partial charge >= 0.3 is 0 Å². The third kappa shape index (κ3) is 5.09. The summed E-state index contributed by atoms with van der Waals surface area (Å²) in [6.07, 6.45) is 1.99. The molecule has 1 unspecified atom stereocenters. The van der Waals surface area contributed by atoms with Crippen LogP contribution in [0.3, 0.4) is 0 Å². The molecule has 4 nitrogen and oxygen atoms in total. The number of aliphatic hydroxyl groups excluding tert-OH is 1. The summed E-state index contributed by atoms with van der Waals surface area (Å²) in [6.45, 7) is 0.631. The molecule has 0 spiro atoms. The Bertz CT molecular complexity index is 434. The van der Waals surface area contributed by atoms with Gasteiger partial charge in [0, 0.05) is 11.6 Å². The average molecular weight is 284 g/mol. The molecule has 1 aliphatic rings. The Morgan fingerprint density at radius 2 is 2.32 bits per heavy atom. The van der Waals surface area contributed by atoms with E-state index in [1.54, 1.807) is 24.3 Å². The SMILES string of the molecule is O=C(CCOc1cccc(Cl)c1)NCC(O)C1CC1. The topological polar surface area (TPSA) is 58.6 Å². The van der Waals surface area contributed by atoms with Crippen molar-refractivity contribution in [3.8, 4) is 5.75 Å². The Morgan fingerprint density at radius 1 is 1.53 bits per heavy atom. The molecule has 0 aromatic heterocycles. The lowest BCUT2D eigenvalue weighted by molar-refractivity contribution is -0.122. The molecule has 1 aromatic rings. The summed E-state index contributed by atoms with van der Waals surface area (Å²) in [7, 11) is 0. The zero-order valence-corrected chi connectivity index (χ0v) is 11.4. The summed E-state index contributed by atoms with van der Waals surface area (Å²) in [4.78, 5) is 11.5. The van der Waals surface area contributed by atoms with Gasteiger partial charge in [0.15, 0.2) is 0 Å². The van der Waals surface area contributed by atoms with Gasteiger partial charge in [-0.3, -0.25) is 4.79 Å². The van der Waals surface area contributed by atoms with Crippen LogP contribution in [0, 0.1) is 5.92 Å². The number of nitrogens with one attached hydrogen (secondary N) is 1. The highest BCUT2D eigenvalue weighted by molar-refractivity contribution is 6.30. The average Bonchev–Trinajstić information content (AvgIpc) is 3.20. The van der Waals surface area contributed by atoms with E-state index in [1.165, 1.54) is 0 Å². The van der Waals surface area contributed by atoms with Gasteiger partial charge in [-0.15, -0.1) is 0 Å². The van der Waals surface area contributed by atoms with Crippen molar-refractivity contribution in [3.05, 3.63) is 29.3 Å². The molecule has 1 amide bonds. The zero-order chi connectivity index (χ0) is 13.7. The first-order chi connectivity index (χ1) is 9.15. The summed E-state index contributed by atoms with van der Waals surface area (Å²) < 4.78 is 5.42. The van der Waals surface area contributed by atoms with Crippen LogP contribution in [0.1, 0.15) is 19.3 Å². The maximum atomic E-state index is 11.5. The van der Waals surface area contributed by atoms with Gasteiger partial charge in [0.2, 0.25) is 5.91 Å². The first-order valence-corrected chi connectivity index (χ1v) is 6.86. The standard InChI is InChI=1S/C14H18ClNO3/c15-11-2-1-3-12(8-11)19-7-6-14(18)16-9-13(17)10-4-5-10/h1-3,8,10,13,17H,4-7,9H2,(H,16,18). The molecule has 0 aliphatic heterocycles. The smallest absolute Gasteiger partial charge is 0.223 e. The summed E-state index contributed by atoms with van der Waals surface area (Å²) in [6, 6.07) is 7.06. The maximum absolute atomic E-state index is 11.5. The van der Waals surface area contributed by atoms with E-state index < -0.39 is 6.10 Å². The number of aliphatic hydroxyl groups is 1. The van der Waals surface area contributed by atoms with Crippen molar-refractivity contribution >= 4 is 17.5 Å². The molecule has 104 valence electrons. The molecule has 0 heterocycles. The fraction of sp³-hybridized carbons (Fsp3) is 0.500. The molecule has 0 bridgehead atoms. The fourth-order valence-corrected chi connectivity index (χ4v) is 1.95. The highest BCUT2D eigenvalue weighted by atomic mass is 35.5. The monoisotopic (exact) mass is 283 g/mol. The van der Waals surface area contributed by atoms with Gasteiger partial charge < -0.3 is 15.2 Å².